The fraction of sp³-hybridized carbons (Fsp3) is 0. The first-order chi connectivity index (χ1) is 31.7. The Bertz CT molecular complexity index is 4270. The molecule has 0 N–H and O–H groups in total. The lowest BCUT2D eigenvalue weighted by Gasteiger charge is -2.17. The SMILES string of the molecule is c1ccc2cc(-c3nc4ccccc4nc3-c3ccc(-n4c5cc6ccccc6cc5c5c(-n6c7ccccc7c7cc8ccccc8cc76)cccc54)c4ccccc34)ccc2c1. The minimum absolute atomic E-state index is 0.867. The third-order valence-electron chi connectivity index (χ3n) is 13.4. The van der Waals surface area contributed by atoms with Gasteiger partial charge in [0.2, 0.25) is 0 Å². The lowest BCUT2D eigenvalue weighted by molar-refractivity contribution is 1.18. The van der Waals surface area contributed by atoms with E-state index in [4.69, 9.17) is 9.97 Å². The van der Waals surface area contributed by atoms with E-state index in [2.05, 4.69) is 215 Å². The Morgan fingerprint density at radius 1 is 0.281 bits per heavy atom. The average molecular weight is 813 g/mol. The molecule has 14 rings (SSSR count). The van der Waals surface area contributed by atoms with Gasteiger partial charge < -0.3 is 9.13 Å². The Labute approximate surface area is 367 Å². The molecule has 0 atom stereocenters. The Kier molecular flexibility index (Phi) is 7.36. The second-order valence-corrected chi connectivity index (χ2v) is 16.9. The summed E-state index contributed by atoms with van der Waals surface area (Å²) in [6.07, 6.45) is 0. The molecule has 296 valence electrons. The molecule has 0 amide bonds. The number of para-hydroxylation sites is 3. The van der Waals surface area contributed by atoms with E-state index in [1.807, 2.05) is 12.1 Å². The average Bonchev–Trinajstić information content (AvgIpc) is 3.85. The molecule has 0 bridgehead atoms. The summed E-state index contributed by atoms with van der Waals surface area (Å²) >= 11 is 0. The molecule has 14 aromatic rings. The van der Waals surface area contributed by atoms with Gasteiger partial charge in [-0.1, -0.05) is 146 Å². The molecule has 0 spiro atoms. The van der Waals surface area contributed by atoms with Crippen molar-refractivity contribution in [1.82, 2.24) is 19.1 Å². The van der Waals surface area contributed by atoms with Gasteiger partial charge in [0, 0.05) is 38.1 Å². The fourth-order valence-corrected chi connectivity index (χ4v) is 10.5. The normalized spacial score (nSPS) is 12.1. The second kappa shape index (κ2) is 13.4. The van der Waals surface area contributed by atoms with E-state index < -0.39 is 0 Å². The van der Waals surface area contributed by atoms with Crippen LogP contribution >= 0.6 is 0 Å². The van der Waals surface area contributed by atoms with E-state index in [0.29, 0.717) is 0 Å². The van der Waals surface area contributed by atoms with Gasteiger partial charge in [0.15, 0.2) is 0 Å². The maximum absolute atomic E-state index is 5.42. The van der Waals surface area contributed by atoms with Gasteiger partial charge in [-0.05, 0) is 110 Å². The van der Waals surface area contributed by atoms with Crippen LogP contribution in [-0.4, -0.2) is 19.1 Å². The zero-order chi connectivity index (χ0) is 41.9. The highest BCUT2D eigenvalue weighted by molar-refractivity contribution is 6.20. The summed E-state index contributed by atoms with van der Waals surface area (Å²) in [6.45, 7) is 0. The largest absolute Gasteiger partial charge is 0.309 e. The Hall–Kier alpha value is -8.60. The first-order valence-corrected chi connectivity index (χ1v) is 21.9. The third kappa shape index (κ3) is 5.11. The second-order valence-electron chi connectivity index (χ2n) is 16.9. The Morgan fingerprint density at radius 3 is 1.55 bits per heavy atom. The van der Waals surface area contributed by atoms with Crippen LogP contribution in [0.25, 0.3) is 132 Å². The molecule has 0 aliphatic heterocycles. The van der Waals surface area contributed by atoms with Crippen LogP contribution in [0.1, 0.15) is 0 Å². The smallest absolute Gasteiger partial charge is 0.0979 e. The molecule has 0 fully saturated rings. The summed E-state index contributed by atoms with van der Waals surface area (Å²) < 4.78 is 4.98. The van der Waals surface area contributed by atoms with Gasteiger partial charge in [0.05, 0.1) is 55.9 Å². The molecule has 0 unspecified atom stereocenters. The molecule has 0 radical (unpaired) electrons. The van der Waals surface area contributed by atoms with Crippen LogP contribution < -0.4 is 0 Å². The lowest BCUT2D eigenvalue weighted by atomic mass is 9.96. The minimum Gasteiger partial charge on any atom is -0.309 e. The van der Waals surface area contributed by atoms with Crippen molar-refractivity contribution in [3.05, 3.63) is 218 Å². The number of nitrogens with zero attached hydrogens (tertiary/aromatic N) is 4. The first kappa shape index (κ1) is 35.0. The number of aromatic nitrogens is 4. The van der Waals surface area contributed by atoms with Gasteiger partial charge in [-0.3, -0.25) is 0 Å². The highest BCUT2D eigenvalue weighted by Crippen LogP contribution is 2.44. The summed E-state index contributed by atoms with van der Waals surface area (Å²) in [4.78, 5) is 10.8. The number of rotatable bonds is 4. The van der Waals surface area contributed by atoms with Crippen molar-refractivity contribution in [3.8, 4) is 33.9 Å². The van der Waals surface area contributed by atoms with Crippen LogP contribution in [0.4, 0.5) is 0 Å². The standard InChI is InChI=1S/C60H36N4/c1-2-15-38-32-43(29-28-37(38)14-1)59-60(62-51-24-11-10-23-50(51)61-59)47-30-31-53(45-21-8-7-20-44(45)47)64-55-27-13-26-54(58(55)49-34-40-17-4-6-19-42(40)36-57(49)64)63-52-25-12-9-22-46(52)48-33-39-16-3-5-18-41(39)35-56(48)63/h1-36H. The molecule has 11 aromatic carbocycles. The quantitative estimate of drug-likeness (QED) is 0.177. The van der Waals surface area contributed by atoms with E-state index in [-0.39, 0.29) is 0 Å². The fourth-order valence-electron chi connectivity index (χ4n) is 10.5. The summed E-state index contributed by atoms with van der Waals surface area (Å²) in [5, 5.41) is 14.4. The summed E-state index contributed by atoms with van der Waals surface area (Å²) in [6, 6.07) is 79.3. The molecule has 4 heteroatoms. The zero-order valence-corrected chi connectivity index (χ0v) is 34.6. The molecular weight excluding hydrogens is 777 g/mol. The highest BCUT2D eigenvalue weighted by atomic mass is 15.0. The topological polar surface area (TPSA) is 35.6 Å². The molecule has 3 heterocycles. The molecule has 3 aromatic heterocycles. The van der Waals surface area contributed by atoms with Gasteiger partial charge in [-0.2, -0.15) is 0 Å². The monoisotopic (exact) mass is 812 g/mol. The molecule has 0 saturated heterocycles. The maximum Gasteiger partial charge on any atom is 0.0979 e. The van der Waals surface area contributed by atoms with E-state index in [1.54, 1.807) is 0 Å². The molecule has 0 aliphatic rings. The summed E-state index contributed by atoms with van der Waals surface area (Å²) in [7, 11) is 0. The summed E-state index contributed by atoms with van der Waals surface area (Å²) in [5.74, 6) is 0. The number of hydrogen-bond acceptors (Lipinski definition) is 2. The molecule has 0 aliphatic carbocycles. The van der Waals surface area contributed by atoms with Crippen molar-refractivity contribution in [2.45, 2.75) is 0 Å². The predicted molar refractivity (Wildman–Crippen MR) is 269 cm³/mol. The van der Waals surface area contributed by atoms with Crippen molar-refractivity contribution < 1.29 is 0 Å². The Balaban J connectivity index is 1.07. The van der Waals surface area contributed by atoms with E-state index in [9.17, 15) is 0 Å². The van der Waals surface area contributed by atoms with Gasteiger partial charge in [0.1, 0.15) is 0 Å². The molecular formula is C60H36N4. The van der Waals surface area contributed by atoms with Gasteiger partial charge >= 0.3 is 0 Å². The number of fused-ring (bicyclic) bond motifs is 11. The van der Waals surface area contributed by atoms with Crippen LogP contribution in [0, 0.1) is 0 Å². The maximum atomic E-state index is 5.42. The molecule has 64 heavy (non-hydrogen) atoms. The van der Waals surface area contributed by atoms with Crippen molar-refractivity contribution in [1.29, 1.82) is 0 Å². The van der Waals surface area contributed by atoms with Crippen LogP contribution in [0.15, 0.2) is 218 Å². The van der Waals surface area contributed by atoms with Crippen molar-refractivity contribution in [2.75, 3.05) is 0 Å². The number of hydrogen-bond donors (Lipinski definition) is 0. The third-order valence-corrected chi connectivity index (χ3v) is 13.4. The predicted octanol–water partition coefficient (Wildman–Crippen LogP) is 15.8. The highest BCUT2D eigenvalue weighted by Gasteiger charge is 2.23. The van der Waals surface area contributed by atoms with E-state index in [0.717, 1.165) is 66.7 Å². The van der Waals surface area contributed by atoms with Crippen molar-refractivity contribution in [3.63, 3.8) is 0 Å². The summed E-state index contributed by atoms with van der Waals surface area (Å²) in [5.41, 5.74) is 12.5. The van der Waals surface area contributed by atoms with Crippen molar-refractivity contribution >= 4 is 97.7 Å². The van der Waals surface area contributed by atoms with E-state index in [1.165, 1.54) is 64.9 Å². The first-order valence-electron chi connectivity index (χ1n) is 21.9. The van der Waals surface area contributed by atoms with Gasteiger partial charge in [0.25, 0.3) is 0 Å². The van der Waals surface area contributed by atoms with Crippen LogP contribution in [0.5, 0.6) is 0 Å². The Morgan fingerprint density at radius 2 is 0.812 bits per heavy atom. The molecule has 0 saturated carbocycles. The number of benzene rings is 11. The van der Waals surface area contributed by atoms with Crippen LogP contribution in [0.2, 0.25) is 0 Å². The van der Waals surface area contributed by atoms with E-state index >= 15 is 0 Å². The molecule has 4 nitrogen and oxygen atoms in total. The van der Waals surface area contributed by atoms with Gasteiger partial charge in [-0.15, -0.1) is 0 Å². The van der Waals surface area contributed by atoms with Crippen LogP contribution in [-0.2, 0) is 0 Å². The zero-order valence-electron chi connectivity index (χ0n) is 34.6. The van der Waals surface area contributed by atoms with Crippen molar-refractivity contribution in [2.24, 2.45) is 0 Å². The van der Waals surface area contributed by atoms with Gasteiger partial charge in [-0.25, -0.2) is 9.97 Å². The minimum atomic E-state index is 0.867. The van der Waals surface area contributed by atoms with Crippen LogP contribution in [0.3, 0.4) is 0 Å². The lowest BCUT2D eigenvalue weighted by Crippen LogP contribution is -2.00.